The summed E-state index contributed by atoms with van der Waals surface area (Å²) in [6.45, 7) is 6.26. The Bertz CT molecular complexity index is 787. The van der Waals surface area contributed by atoms with Gasteiger partial charge in [0, 0.05) is 5.56 Å². The molecular formula is C20H24N2O4. The Hall–Kier alpha value is -3.02. The van der Waals surface area contributed by atoms with Crippen molar-refractivity contribution in [3.05, 3.63) is 64.7 Å². The molecule has 6 heteroatoms. The molecule has 0 aromatic heterocycles. The van der Waals surface area contributed by atoms with E-state index in [1.807, 2.05) is 44.2 Å². The summed E-state index contributed by atoms with van der Waals surface area (Å²) >= 11 is 0. The molecule has 2 aromatic rings. The van der Waals surface area contributed by atoms with E-state index in [0.717, 1.165) is 23.1 Å². The lowest BCUT2D eigenvalue weighted by atomic mass is 10.1. The van der Waals surface area contributed by atoms with Gasteiger partial charge in [0.05, 0.1) is 12.8 Å². The van der Waals surface area contributed by atoms with Crippen molar-refractivity contribution >= 4 is 11.8 Å². The molecule has 0 aliphatic heterocycles. The van der Waals surface area contributed by atoms with E-state index in [-0.39, 0.29) is 0 Å². The monoisotopic (exact) mass is 356 g/mol. The van der Waals surface area contributed by atoms with Crippen LogP contribution in [0.25, 0.3) is 0 Å². The molecule has 0 spiro atoms. The molecule has 0 saturated carbocycles. The second-order valence-electron chi connectivity index (χ2n) is 5.75. The van der Waals surface area contributed by atoms with E-state index in [1.165, 1.54) is 12.7 Å². The molecule has 0 fully saturated rings. The first-order chi connectivity index (χ1) is 12.5. The first-order valence-electron chi connectivity index (χ1n) is 8.40. The number of hydroxylamine groups is 1. The molecule has 0 aliphatic carbocycles. The van der Waals surface area contributed by atoms with Crippen LogP contribution in [-0.2, 0) is 22.6 Å². The first-order valence-corrected chi connectivity index (χ1v) is 8.40. The number of carbonyl (C=O) groups excluding carboxylic acids is 1. The summed E-state index contributed by atoms with van der Waals surface area (Å²) in [5, 5.41) is 4.20. The van der Waals surface area contributed by atoms with E-state index in [1.54, 1.807) is 6.07 Å². The van der Waals surface area contributed by atoms with E-state index in [2.05, 4.69) is 28.4 Å². The molecule has 1 N–H and O–H groups in total. The Balaban J connectivity index is 2.05. The van der Waals surface area contributed by atoms with Crippen molar-refractivity contribution < 1.29 is 19.2 Å². The molecule has 1 amide bonds. The topological polar surface area (TPSA) is 69.2 Å². The van der Waals surface area contributed by atoms with Gasteiger partial charge in [-0.1, -0.05) is 48.5 Å². The quantitative estimate of drug-likeness (QED) is 0.598. The highest BCUT2D eigenvalue weighted by Gasteiger charge is 2.07. The number of rotatable bonds is 7. The molecule has 2 aromatic carbocycles. The number of aryl methyl sites for hydroxylation is 2. The Morgan fingerprint density at radius 3 is 2.58 bits per heavy atom. The number of amides is 1. The maximum absolute atomic E-state index is 11.1. The minimum atomic E-state index is -0.668. The van der Waals surface area contributed by atoms with Gasteiger partial charge in [0.1, 0.15) is 6.61 Å². The highest BCUT2D eigenvalue weighted by molar-refractivity contribution is 5.98. The number of ether oxygens (including phenoxy) is 1. The van der Waals surface area contributed by atoms with Gasteiger partial charge in [-0.15, -0.1) is 0 Å². The minimum absolute atomic E-state index is 0.417. The Kier molecular flexibility index (Phi) is 7.02. The summed E-state index contributed by atoms with van der Waals surface area (Å²) in [4.78, 5) is 21.9. The summed E-state index contributed by atoms with van der Waals surface area (Å²) in [7, 11) is 1.27. The highest BCUT2D eigenvalue weighted by Crippen LogP contribution is 2.20. The lowest BCUT2D eigenvalue weighted by molar-refractivity contribution is 0.118. The van der Waals surface area contributed by atoms with Crippen molar-refractivity contribution in [2.75, 3.05) is 7.11 Å². The molecule has 6 nitrogen and oxygen atoms in total. The van der Waals surface area contributed by atoms with Crippen molar-refractivity contribution in [2.24, 2.45) is 5.16 Å². The average Bonchev–Trinajstić information content (AvgIpc) is 2.67. The van der Waals surface area contributed by atoms with E-state index in [0.29, 0.717) is 18.1 Å². The van der Waals surface area contributed by atoms with Gasteiger partial charge < -0.3 is 14.4 Å². The van der Waals surface area contributed by atoms with Crippen LogP contribution >= 0.6 is 0 Å². The van der Waals surface area contributed by atoms with Gasteiger partial charge in [0.25, 0.3) is 0 Å². The van der Waals surface area contributed by atoms with Crippen molar-refractivity contribution in [3.8, 4) is 5.75 Å². The predicted octanol–water partition coefficient (Wildman–Crippen LogP) is 4.15. The number of oxime groups is 1. The zero-order valence-corrected chi connectivity index (χ0v) is 15.5. The van der Waals surface area contributed by atoms with Crippen LogP contribution in [-0.4, -0.2) is 18.9 Å². The fourth-order valence-corrected chi connectivity index (χ4v) is 2.37. The molecule has 0 heterocycles. The molecular weight excluding hydrogens is 332 g/mol. The van der Waals surface area contributed by atoms with Crippen LogP contribution in [0.5, 0.6) is 5.75 Å². The standard InChI is InChI=1S/C20H24N2O4/c1-5-16-8-6-7-9-18(16)13-25-21-15(3)17-11-10-14(2)19(12-17)26-22-20(23)24-4/h6-12H,5,13H2,1-4H3,(H,22,23). The fourth-order valence-electron chi connectivity index (χ4n) is 2.37. The van der Waals surface area contributed by atoms with Gasteiger partial charge in [-0.25, -0.2) is 4.79 Å². The zero-order valence-electron chi connectivity index (χ0n) is 15.5. The van der Waals surface area contributed by atoms with Crippen LogP contribution in [0, 0.1) is 6.92 Å². The van der Waals surface area contributed by atoms with Gasteiger partial charge in [-0.2, -0.15) is 5.48 Å². The summed E-state index contributed by atoms with van der Waals surface area (Å²) in [5.41, 5.74) is 6.99. The fraction of sp³-hybridized carbons (Fsp3) is 0.300. The molecule has 26 heavy (non-hydrogen) atoms. The number of carbonyl (C=O) groups is 1. The largest absolute Gasteiger partial charge is 0.451 e. The first kappa shape index (κ1) is 19.3. The summed E-state index contributed by atoms with van der Waals surface area (Å²) in [6, 6.07) is 13.7. The molecule has 0 saturated heterocycles. The van der Waals surface area contributed by atoms with Crippen molar-refractivity contribution in [2.45, 2.75) is 33.8 Å². The number of nitrogens with one attached hydrogen (secondary N) is 1. The maximum atomic E-state index is 11.1. The van der Waals surface area contributed by atoms with Crippen LogP contribution in [0.2, 0.25) is 0 Å². The SMILES string of the molecule is CCc1ccccc1CON=C(C)c1ccc(C)c(ONC(=O)OC)c1. The summed E-state index contributed by atoms with van der Waals surface area (Å²) < 4.78 is 4.48. The Morgan fingerprint density at radius 2 is 1.88 bits per heavy atom. The number of hydrogen-bond acceptors (Lipinski definition) is 5. The number of nitrogens with zero attached hydrogens (tertiary/aromatic N) is 1. The average molecular weight is 356 g/mol. The van der Waals surface area contributed by atoms with Gasteiger partial charge in [0.15, 0.2) is 5.75 Å². The van der Waals surface area contributed by atoms with E-state index in [4.69, 9.17) is 9.68 Å². The number of benzene rings is 2. The molecule has 0 unspecified atom stereocenters. The zero-order chi connectivity index (χ0) is 18.9. The molecule has 2 rings (SSSR count). The summed E-state index contributed by atoms with van der Waals surface area (Å²) in [6.07, 6.45) is 0.284. The van der Waals surface area contributed by atoms with Crippen LogP contribution in [0.4, 0.5) is 4.79 Å². The van der Waals surface area contributed by atoms with Crippen LogP contribution in [0.15, 0.2) is 47.6 Å². The molecule has 0 radical (unpaired) electrons. The highest BCUT2D eigenvalue weighted by atomic mass is 16.7. The van der Waals surface area contributed by atoms with E-state index >= 15 is 0 Å². The van der Waals surface area contributed by atoms with Gasteiger partial charge >= 0.3 is 6.09 Å². The van der Waals surface area contributed by atoms with Crippen LogP contribution in [0.1, 0.15) is 36.1 Å². The third-order valence-electron chi connectivity index (χ3n) is 3.96. The Labute approximate surface area is 153 Å². The van der Waals surface area contributed by atoms with Gasteiger partial charge in [0.2, 0.25) is 0 Å². The van der Waals surface area contributed by atoms with Crippen molar-refractivity contribution in [1.82, 2.24) is 5.48 Å². The van der Waals surface area contributed by atoms with Crippen molar-refractivity contribution in [3.63, 3.8) is 0 Å². The second kappa shape index (κ2) is 9.46. The molecule has 0 bridgehead atoms. The molecule has 0 atom stereocenters. The normalized spacial score (nSPS) is 11.0. The Morgan fingerprint density at radius 1 is 1.15 bits per heavy atom. The molecule has 0 aliphatic rings. The third-order valence-corrected chi connectivity index (χ3v) is 3.96. The molecule has 138 valence electrons. The van der Waals surface area contributed by atoms with Crippen molar-refractivity contribution in [1.29, 1.82) is 0 Å². The summed E-state index contributed by atoms with van der Waals surface area (Å²) in [5.74, 6) is 0.513. The smallest absolute Gasteiger partial charge is 0.440 e. The van der Waals surface area contributed by atoms with E-state index < -0.39 is 6.09 Å². The van der Waals surface area contributed by atoms with E-state index in [9.17, 15) is 4.79 Å². The number of hydrogen-bond donors (Lipinski definition) is 1. The second-order valence-corrected chi connectivity index (χ2v) is 5.75. The lowest BCUT2D eigenvalue weighted by Crippen LogP contribution is -2.27. The lowest BCUT2D eigenvalue weighted by Gasteiger charge is -2.10. The maximum Gasteiger partial charge on any atom is 0.440 e. The van der Waals surface area contributed by atoms with Gasteiger partial charge in [-0.3, -0.25) is 0 Å². The third kappa shape index (κ3) is 5.24. The minimum Gasteiger partial charge on any atom is -0.451 e. The van der Waals surface area contributed by atoms with Crippen LogP contribution < -0.4 is 10.3 Å². The predicted molar refractivity (Wildman–Crippen MR) is 100 cm³/mol. The van der Waals surface area contributed by atoms with Crippen LogP contribution in [0.3, 0.4) is 0 Å². The number of methoxy groups -OCH3 is 1. The van der Waals surface area contributed by atoms with Gasteiger partial charge in [-0.05, 0) is 43.0 Å².